The van der Waals surface area contributed by atoms with Crippen molar-refractivity contribution in [1.29, 1.82) is 0 Å². The lowest BCUT2D eigenvalue weighted by molar-refractivity contribution is -0.137. The third kappa shape index (κ3) is 4.73. The number of halogens is 4. The van der Waals surface area contributed by atoms with Crippen LogP contribution in [0.3, 0.4) is 0 Å². The number of amides is 1. The van der Waals surface area contributed by atoms with E-state index < -0.39 is 34.1 Å². The van der Waals surface area contributed by atoms with Crippen LogP contribution in [0.4, 0.5) is 18.9 Å². The molecule has 1 aromatic carbocycles. The summed E-state index contributed by atoms with van der Waals surface area (Å²) in [5.74, 6) is -0.908. The van der Waals surface area contributed by atoms with Crippen LogP contribution in [-0.4, -0.2) is 42.3 Å². The first-order chi connectivity index (χ1) is 16.1. The number of rotatable bonds is 5. The number of nitrogens with two attached hydrogens (primary N) is 1. The van der Waals surface area contributed by atoms with Crippen molar-refractivity contribution in [3.63, 3.8) is 0 Å². The molecule has 180 valence electrons. The average Bonchev–Trinajstić information content (AvgIpc) is 2.82. The third-order valence-corrected chi connectivity index (χ3v) is 7.03. The average molecular weight is 539 g/mol. The lowest BCUT2D eigenvalue weighted by atomic mass is 9.85. The van der Waals surface area contributed by atoms with Crippen molar-refractivity contribution in [3.8, 4) is 0 Å². The van der Waals surface area contributed by atoms with Gasteiger partial charge in [0.1, 0.15) is 10.1 Å². The maximum atomic E-state index is 13.4. The van der Waals surface area contributed by atoms with Crippen LogP contribution in [0, 0.1) is 5.92 Å². The normalized spacial score (nSPS) is 20.6. The minimum Gasteiger partial charge on any atom is -0.397 e. The summed E-state index contributed by atoms with van der Waals surface area (Å²) < 4.78 is 49.3. The Kier molecular flexibility index (Phi) is 6.79. The fourth-order valence-electron chi connectivity index (χ4n) is 4.12. The number of carbonyl (C=O) groups excluding carboxylic acids is 1. The number of nitrogen functional groups attached to an aromatic ring is 1. The Balaban J connectivity index is 1.76. The number of anilines is 1. The molecule has 0 saturated carbocycles. The molecule has 4 rings (SSSR count). The second-order valence-corrected chi connectivity index (χ2v) is 9.23. The molecular weight excluding hydrogens is 517 g/mol. The predicted molar refractivity (Wildman–Crippen MR) is 123 cm³/mol. The van der Waals surface area contributed by atoms with Crippen LogP contribution < -0.4 is 11.1 Å². The van der Waals surface area contributed by atoms with Gasteiger partial charge < -0.3 is 20.5 Å². The molecule has 1 aliphatic heterocycles. The molecule has 3 atom stereocenters. The zero-order valence-corrected chi connectivity index (χ0v) is 19.7. The van der Waals surface area contributed by atoms with Crippen LogP contribution >= 0.6 is 15.9 Å². The smallest absolute Gasteiger partial charge is 0.397 e. The second kappa shape index (κ2) is 9.47. The summed E-state index contributed by atoms with van der Waals surface area (Å²) in [6.07, 6.45) is -2.28. The van der Waals surface area contributed by atoms with E-state index in [0.29, 0.717) is 24.8 Å². The molecule has 1 saturated heterocycles. The Morgan fingerprint density at radius 3 is 2.76 bits per heavy atom. The highest BCUT2D eigenvalue weighted by Gasteiger charge is 2.48. The Bertz CT molecular complexity index is 1210. The van der Waals surface area contributed by atoms with Crippen LogP contribution in [0.25, 0.3) is 10.9 Å². The molecule has 3 N–H and O–H groups in total. The lowest BCUT2D eigenvalue weighted by Crippen LogP contribution is -2.54. The summed E-state index contributed by atoms with van der Waals surface area (Å²) in [6, 6.07) is 9.43. The van der Waals surface area contributed by atoms with E-state index in [1.54, 1.807) is 30.5 Å². The highest BCUT2D eigenvalue weighted by molar-refractivity contribution is 9.09. The zero-order valence-electron chi connectivity index (χ0n) is 18.1. The summed E-state index contributed by atoms with van der Waals surface area (Å²) in [7, 11) is 1.50. The molecule has 7 nitrogen and oxygen atoms in total. The van der Waals surface area contributed by atoms with Gasteiger partial charge >= 0.3 is 6.18 Å². The fraction of sp³-hybridized carbons (Fsp3) is 0.348. The van der Waals surface area contributed by atoms with Crippen molar-refractivity contribution in [2.45, 2.75) is 23.1 Å². The van der Waals surface area contributed by atoms with E-state index >= 15 is 0 Å². The van der Waals surface area contributed by atoms with Crippen molar-refractivity contribution in [1.82, 2.24) is 15.3 Å². The maximum Gasteiger partial charge on any atom is 0.417 e. The van der Waals surface area contributed by atoms with E-state index in [1.165, 1.54) is 7.11 Å². The van der Waals surface area contributed by atoms with E-state index in [4.69, 9.17) is 15.2 Å². The molecule has 0 aliphatic carbocycles. The number of nitrogens with one attached hydrogen (secondary N) is 1. The second-order valence-electron chi connectivity index (χ2n) is 7.98. The number of carbonyl (C=O) groups is 1. The number of nitrogens with zero attached hydrogens (tertiary/aromatic N) is 2. The van der Waals surface area contributed by atoms with Gasteiger partial charge in [0.05, 0.1) is 29.5 Å². The Morgan fingerprint density at radius 1 is 1.26 bits per heavy atom. The SMILES string of the molecule is CO[C@@H]1COCC[C@H]1C(Br)(NC(=O)c1ccc2ncccc2c1)c1ncc(C(F)(F)F)cc1N. The van der Waals surface area contributed by atoms with Gasteiger partial charge in [-0.25, -0.2) is 0 Å². The van der Waals surface area contributed by atoms with Gasteiger partial charge in [-0.15, -0.1) is 0 Å². The molecular formula is C23H22BrF3N4O3. The first kappa shape index (κ1) is 24.4. The number of benzene rings is 1. The molecule has 1 amide bonds. The van der Waals surface area contributed by atoms with Gasteiger partial charge in [-0.3, -0.25) is 14.8 Å². The van der Waals surface area contributed by atoms with Gasteiger partial charge in [0.25, 0.3) is 5.91 Å². The summed E-state index contributed by atoms with van der Waals surface area (Å²) in [5, 5.41) is 3.69. The molecule has 0 radical (unpaired) electrons. The standard InChI is InChI=1S/C23H22BrF3N4O3/c1-33-19-12-34-8-6-16(19)22(24,20-17(28)10-15(11-30-20)23(25,26)27)31-21(32)14-4-5-18-13(9-14)3-2-7-29-18/h2-5,7,9-11,16,19H,6,8,12,28H2,1H3,(H,31,32)/t16-,19-,22?/m1/s1. The molecule has 0 bridgehead atoms. The van der Waals surface area contributed by atoms with Crippen LogP contribution in [0.15, 0.2) is 48.8 Å². The van der Waals surface area contributed by atoms with E-state index in [9.17, 15) is 18.0 Å². The number of hydrogen-bond donors (Lipinski definition) is 2. The van der Waals surface area contributed by atoms with E-state index in [1.807, 2.05) is 6.07 Å². The summed E-state index contributed by atoms with van der Waals surface area (Å²) >= 11 is 3.61. The predicted octanol–water partition coefficient (Wildman–Crippen LogP) is 4.26. The Morgan fingerprint density at radius 2 is 2.06 bits per heavy atom. The van der Waals surface area contributed by atoms with Crippen molar-refractivity contribution >= 4 is 38.4 Å². The Hall–Kier alpha value is -2.76. The van der Waals surface area contributed by atoms with Crippen LogP contribution in [0.5, 0.6) is 0 Å². The largest absolute Gasteiger partial charge is 0.417 e. The third-order valence-electron chi connectivity index (χ3n) is 5.87. The van der Waals surface area contributed by atoms with E-state index in [-0.39, 0.29) is 18.0 Å². The van der Waals surface area contributed by atoms with Crippen LogP contribution in [0.1, 0.15) is 28.0 Å². The molecule has 3 aromatic rings. The molecule has 1 fully saturated rings. The first-order valence-corrected chi connectivity index (χ1v) is 11.2. The molecule has 3 heterocycles. The molecule has 2 aromatic heterocycles. The zero-order chi connectivity index (χ0) is 24.5. The summed E-state index contributed by atoms with van der Waals surface area (Å²) in [5.41, 5.74) is 6.00. The van der Waals surface area contributed by atoms with Crippen molar-refractivity contribution in [2.75, 3.05) is 26.1 Å². The maximum absolute atomic E-state index is 13.4. The van der Waals surface area contributed by atoms with Gasteiger partial charge in [-0.2, -0.15) is 13.2 Å². The fourth-order valence-corrected chi connectivity index (χ4v) is 5.16. The quantitative estimate of drug-likeness (QED) is 0.372. The van der Waals surface area contributed by atoms with Crippen molar-refractivity contribution < 1.29 is 27.4 Å². The molecule has 1 aliphatic rings. The first-order valence-electron chi connectivity index (χ1n) is 10.4. The molecule has 11 heteroatoms. The number of pyridine rings is 2. The minimum atomic E-state index is -4.61. The highest BCUT2D eigenvalue weighted by atomic mass is 79.9. The number of ether oxygens (including phenoxy) is 2. The number of hydrogen-bond acceptors (Lipinski definition) is 6. The Labute approximate surface area is 202 Å². The van der Waals surface area contributed by atoms with Crippen LogP contribution in [0.2, 0.25) is 0 Å². The lowest BCUT2D eigenvalue weighted by Gasteiger charge is -2.42. The van der Waals surface area contributed by atoms with Gasteiger partial charge in [0.15, 0.2) is 0 Å². The molecule has 34 heavy (non-hydrogen) atoms. The van der Waals surface area contributed by atoms with Gasteiger partial charge in [0, 0.05) is 43.0 Å². The van der Waals surface area contributed by atoms with E-state index in [2.05, 4.69) is 31.2 Å². The number of methoxy groups -OCH3 is 1. The topological polar surface area (TPSA) is 99.4 Å². The monoisotopic (exact) mass is 538 g/mol. The summed E-state index contributed by atoms with van der Waals surface area (Å²) in [6.45, 7) is 0.614. The van der Waals surface area contributed by atoms with Gasteiger partial charge in [-0.05, 0) is 36.8 Å². The van der Waals surface area contributed by atoms with Crippen LogP contribution in [-0.2, 0) is 20.1 Å². The molecule has 0 spiro atoms. The molecule has 1 unspecified atom stereocenters. The van der Waals surface area contributed by atoms with Crippen molar-refractivity contribution in [3.05, 3.63) is 65.6 Å². The minimum absolute atomic E-state index is 0.0604. The van der Waals surface area contributed by atoms with E-state index in [0.717, 1.165) is 17.0 Å². The highest BCUT2D eigenvalue weighted by Crippen LogP contribution is 2.44. The number of alkyl halides is 4. The summed E-state index contributed by atoms with van der Waals surface area (Å²) in [4.78, 5) is 21.7. The number of fused-ring (bicyclic) bond motifs is 1. The van der Waals surface area contributed by atoms with Crippen molar-refractivity contribution in [2.24, 2.45) is 5.92 Å². The number of aromatic nitrogens is 2. The van der Waals surface area contributed by atoms with Gasteiger partial charge in [0.2, 0.25) is 0 Å². The van der Waals surface area contributed by atoms with Gasteiger partial charge in [-0.1, -0.05) is 22.0 Å².